The third kappa shape index (κ3) is 2.68. The summed E-state index contributed by atoms with van der Waals surface area (Å²) in [5.74, 6) is -0.721. The largest absolute Gasteiger partial charge is 0.468 e. The fraction of sp³-hybridized carbons (Fsp3) is 0.0458. The van der Waals surface area contributed by atoms with Crippen molar-refractivity contribution in [3.05, 3.63) is 63.2 Å². The number of aromatic nitrogens is 1. The van der Waals surface area contributed by atoms with Crippen LogP contribution in [-0.2, 0) is 30.7 Å². The van der Waals surface area contributed by atoms with Gasteiger partial charge in [-0.25, -0.2) is 0 Å². The number of esters is 2. The van der Waals surface area contributed by atoms with Gasteiger partial charge < -0.3 is 14.0 Å². The van der Waals surface area contributed by atoms with Gasteiger partial charge in [0.15, 0.2) is 11.2 Å². The zero-order valence-electron chi connectivity index (χ0n) is 69.0. The Morgan fingerprint density at radius 1 is 0.204 bits per heavy atom. The molecule has 6 aliphatic carbocycles. The number of rotatable bonds is 6. The number of ether oxygens (including phenoxy) is 2. The summed E-state index contributed by atoms with van der Waals surface area (Å²) in [5, 5.41) is 160. The molecule has 0 saturated heterocycles. The quantitative estimate of drug-likeness (QED) is 0.0545. The summed E-state index contributed by atoms with van der Waals surface area (Å²) in [6.45, 7) is 0. The number of methoxy groups -OCH3 is 1. The topological polar surface area (TPSA) is 74.6 Å². The van der Waals surface area contributed by atoms with Crippen molar-refractivity contribution < 1.29 is 23.9 Å². The molecule has 0 amide bonds. The van der Waals surface area contributed by atoms with Gasteiger partial charge in [0.1, 0.15) is 11.3 Å². The molecule has 58 aromatic rings. The SMILES string of the molecule is COC(=O)C1(C(=O)Oc2cccc(C(=O)CC34c5c6c7c3c3c8c9c7c7c%10c6c6c%11c5c5c%12c%11c%11c%13c6c%10c6c%10c7c9c7c9c8c8c%14c%15c9c9c7c%10c7c6c%13c6c%11c%10c%11c%13c6c7c9c%13c%15c6c%11c(c%10%12)c7c(c6%14)c(c38)n4c57)c2)C23c4c5c6c7c8c9c(c%10c%11c2c2c4c4c%12c5c5c6c6c8c8c%13c9c9c%10c%10c%11c%11c2c2c4c4c%12c%12c5c5c6c8c6c8c%13c9c9c%10c%10c%11c2c2c4c4c%12c5c6c5c8c9c%10c2c45)C713. The minimum absolute atomic E-state index is 0.0398. The van der Waals surface area contributed by atoms with Crippen LogP contribution in [0, 0.1) is 5.41 Å². The van der Waals surface area contributed by atoms with Gasteiger partial charge in [0.05, 0.1) is 29.0 Å². The zero-order valence-corrected chi connectivity index (χ0v) is 69.0. The van der Waals surface area contributed by atoms with Crippen LogP contribution in [0.3, 0.4) is 0 Å². The highest BCUT2D eigenvalue weighted by atomic mass is 16.6. The van der Waals surface area contributed by atoms with Crippen LogP contribution >= 0.6 is 0 Å². The first kappa shape index (κ1) is 50.4. The number of carbonyl (C=O) groups is 3. The van der Waals surface area contributed by atoms with E-state index in [0.29, 0.717) is 11.3 Å². The lowest BCUT2D eigenvalue weighted by molar-refractivity contribution is -0.159. The first-order chi connectivity index (χ1) is 68.1. The number of ketones is 1. The summed E-state index contributed by atoms with van der Waals surface area (Å²) < 4.78 is 17.8. The highest BCUT2D eigenvalue weighted by Gasteiger charge is 3.02. The second-order valence-electron chi connectivity index (χ2n) is 49.9. The van der Waals surface area contributed by atoms with Crippen molar-refractivity contribution in [2.75, 3.05) is 7.11 Å². The summed E-state index contributed by atoms with van der Waals surface area (Å²) >= 11 is 0. The monoisotopic (exact) mass is 1680 g/mol. The number of hydrogen-bond acceptors (Lipinski definition) is 5. The van der Waals surface area contributed by atoms with Crippen LogP contribution in [0.1, 0.15) is 50.2 Å². The van der Waals surface area contributed by atoms with E-state index in [2.05, 4.69) is 10.6 Å². The molecule has 1 fully saturated rings. The van der Waals surface area contributed by atoms with Crippen molar-refractivity contribution in [1.29, 1.82) is 0 Å². The Hall–Kier alpha value is -17.5. The van der Waals surface area contributed by atoms with Crippen LogP contribution in [0.2, 0.25) is 0 Å². The molecule has 0 unspecified atom stereocenters. The van der Waals surface area contributed by atoms with Crippen LogP contribution < -0.4 is 4.74 Å². The lowest BCUT2D eigenvalue weighted by Crippen LogP contribution is -2.40. The first-order valence-electron chi connectivity index (χ1n) is 50.3. The number of benzene rings is 37. The van der Waals surface area contributed by atoms with E-state index in [1.165, 1.54) is 497 Å². The van der Waals surface area contributed by atoms with Crippen molar-refractivity contribution in [2.45, 2.75) is 22.8 Å². The third-order valence-corrected chi connectivity index (χ3v) is 49.8. The maximum Gasteiger partial charge on any atom is 0.331 e. The second-order valence-corrected chi connectivity index (χ2v) is 49.9. The van der Waals surface area contributed by atoms with Crippen LogP contribution in [0.25, 0.3) is 593 Å². The van der Waals surface area contributed by atoms with E-state index in [1.807, 2.05) is 18.2 Å². The highest BCUT2D eigenvalue weighted by Crippen LogP contribution is 2.98. The van der Waals surface area contributed by atoms with Gasteiger partial charge in [-0.3, -0.25) is 14.4 Å². The van der Waals surface area contributed by atoms with Gasteiger partial charge in [-0.05, 0) is 438 Å². The Balaban J connectivity index is 0.519. The average molecular weight is 1680 g/mol. The summed E-state index contributed by atoms with van der Waals surface area (Å²) in [7, 11) is 1.60. The molecule has 57 aromatic carbocycles. The number of carbonyl (C=O) groups excluding carboxylic acids is 3. The fourth-order valence-corrected chi connectivity index (χ4v) is 49.7. The lowest BCUT2D eigenvalue weighted by Gasteiger charge is -2.41. The van der Waals surface area contributed by atoms with Crippen LogP contribution in [-0.4, -0.2) is 29.4 Å². The molecular formula is C131H9NO5. The van der Waals surface area contributed by atoms with E-state index in [-0.39, 0.29) is 12.2 Å². The zero-order chi connectivity index (χ0) is 81.4. The third-order valence-electron chi connectivity index (χ3n) is 49.8. The number of nitrogens with zero attached hydrogens (tertiary/aromatic N) is 1. The molecule has 0 atom stereocenters. The standard InChI is InChI=1S/C131H9NO5/c1-136-126(134)131(129-120-104-88-68-48-32-14-10-11-16-24-22(14)38-54-40(24)60-50-34(16)35-17(11)25-23-15(10)33(32)49-59-39(23)55-41(25)61-51(35)71-70(50)90-78(60)94-80(54)92(76(88)58(38)48)108(120)110(94)122-106(90)107-91(71)79(61)95-81(55)93-77(59)89(69(49)68)105(104)121(129)109(93)111(95)123(107)130(122,129)131)127(135)137-8-4-2-3-7(5-8)9(133)6-128-118-102-86-66-46-30-18-12-13-20-28-26(18)42-56(46)74(86)96-82-62(42)44(28)64-52-36(20)37-21(13)29-27-19(12)31(30)47-57-43(27)63-45(29)65-53(37)73-72(52)100-84(64)98(82)114(112(96)118)124-116(100)117-101(73)85(65)99-83(63)97-75(57)87(67(47)66)103(102)119(128)113(97)115(99)125(117)132(124)128/h2-5H,6H2,1H3. The normalized spacial score (nSPS) is 21.4. The fourth-order valence-electron chi connectivity index (χ4n) is 49.7. The van der Waals surface area contributed by atoms with Crippen LogP contribution in [0.5, 0.6) is 5.75 Å². The molecule has 6 heteroatoms. The lowest BCUT2D eigenvalue weighted by atomic mass is 9.68. The molecule has 0 bridgehead atoms. The maximum atomic E-state index is 19.1. The molecule has 2 spiro atoms. The van der Waals surface area contributed by atoms with Gasteiger partial charge in [0.2, 0.25) is 0 Å². The first-order valence-corrected chi connectivity index (χ1v) is 50.3. The van der Waals surface area contributed by atoms with E-state index in [0.717, 1.165) is 0 Å². The van der Waals surface area contributed by atoms with Gasteiger partial charge in [0.25, 0.3) is 0 Å². The van der Waals surface area contributed by atoms with Gasteiger partial charge in [0, 0.05) is 201 Å². The minimum Gasteiger partial charge on any atom is -0.468 e. The summed E-state index contributed by atoms with van der Waals surface area (Å²) in [6.07, 6.45) is 0.177. The van der Waals surface area contributed by atoms with E-state index < -0.39 is 33.7 Å². The van der Waals surface area contributed by atoms with Crippen LogP contribution in [0.15, 0.2) is 24.3 Å². The molecule has 1 aromatic heterocycles. The summed E-state index contributed by atoms with van der Waals surface area (Å²) in [6, 6.07) is 8.03. The Labute approximate surface area is 737 Å². The molecule has 568 valence electrons. The molecule has 6 nitrogen and oxygen atoms in total. The van der Waals surface area contributed by atoms with Gasteiger partial charge in [-0.2, -0.15) is 0 Å². The Bertz CT molecular complexity index is 15500. The molecule has 8 aliphatic rings. The summed E-state index contributed by atoms with van der Waals surface area (Å²) in [5.41, 5.74) is 5.27. The van der Waals surface area contributed by atoms with Crippen molar-refractivity contribution in [3.63, 3.8) is 0 Å². The van der Waals surface area contributed by atoms with Crippen LogP contribution in [0.4, 0.5) is 0 Å². The molecule has 2 aliphatic heterocycles. The van der Waals surface area contributed by atoms with E-state index >= 15 is 14.4 Å². The number of hydrogen-bond donors (Lipinski definition) is 0. The average Bonchev–Trinajstić information content (AvgIpc) is 1.35. The smallest absolute Gasteiger partial charge is 0.331 e. The molecule has 66 rings (SSSR count). The van der Waals surface area contributed by atoms with Crippen molar-refractivity contribution >= 4 is 610 Å². The Morgan fingerprint density at radius 2 is 0.365 bits per heavy atom. The second kappa shape index (κ2) is 11.4. The molecule has 0 radical (unpaired) electrons. The molecular weight excluding hydrogens is 1670 g/mol. The Kier molecular flexibility index (Phi) is 4.18. The predicted molar refractivity (Wildman–Crippen MR) is 565 cm³/mol. The van der Waals surface area contributed by atoms with Crippen molar-refractivity contribution in [1.82, 2.24) is 4.57 Å². The molecule has 0 N–H and O–H groups in total. The van der Waals surface area contributed by atoms with Gasteiger partial charge >= 0.3 is 11.9 Å². The number of Topliss-reactive ketones (excluding diaryl/α,β-unsaturated/α-hetero) is 1. The van der Waals surface area contributed by atoms with Gasteiger partial charge in [-0.1, -0.05) is 12.1 Å². The molecule has 3 heterocycles. The Morgan fingerprint density at radius 3 is 0.555 bits per heavy atom. The van der Waals surface area contributed by atoms with Crippen molar-refractivity contribution in [2.24, 2.45) is 5.41 Å². The van der Waals surface area contributed by atoms with E-state index in [1.54, 1.807) is 136 Å². The predicted octanol–water partition coefficient (Wildman–Crippen LogP) is 33.6. The van der Waals surface area contributed by atoms with E-state index in [4.69, 9.17) is 9.47 Å². The maximum absolute atomic E-state index is 19.1. The molecule has 137 heavy (non-hydrogen) atoms. The van der Waals surface area contributed by atoms with Gasteiger partial charge in [-0.15, -0.1) is 0 Å². The van der Waals surface area contributed by atoms with E-state index in [9.17, 15) is 0 Å². The highest BCUT2D eigenvalue weighted by molar-refractivity contribution is 6.88. The minimum atomic E-state index is -1.99. The van der Waals surface area contributed by atoms with Crippen molar-refractivity contribution in [3.8, 4) is 5.75 Å². The molecule has 1 saturated carbocycles. The summed E-state index contributed by atoms with van der Waals surface area (Å²) in [4.78, 5) is 55.7.